The normalized spacial score (nSPS) is 24.1. The minimum atomic E-state index is -3.50. The van der Waals surface area contributed by atoms with Crippen LogP contribution < -0.4 is 0 Å². The van der Waals surface area contributed by atoms with Crippen molar-refractivity contribution >= 4 is 53.5 Å². The summed E-state index contributed by atoms with van der Waals surface area (Å²) >= 11 is 12.8. The molecule has 0 spiro atoms. The van der Waals surface area contributed by atoms with E-state index in [-0.39, 0.29) is 15.8 Å². The van der Waals surface area contributed by atoms with E-state index in [1.807, 2.05) is 0 Å². The summed E-state index contributed by atoms with van der Waals surface area (Å²) in [5.41, 5.74) is 0. The molecule has 7 heteroatoms. The fraction of sp³-hybridized carbons (Fsp3) is 0.538. The molecule has 0 saturated heterocycles. The van der Waals surface area contributed by atoms with Gasteiger partial charge in [0.05, 0.1) is 9.92 Å². The van der Waals surface area contributed by atoms with Crippen LogP contribution in [0.5, 0.6) is 0 Å². The molecule has 1 aromatic rings. The molecule has 0 N–H and O–H groups in total. The number of sulfonamides is 1. The van der Waals surface area contributed by atoms with Crippen LogP contribution in [0.1, 0.15) is 25.7 Å². The van der Waals surface area contributed by atoms with Gasteiger partial charge in [0.2, 0.25) is 10.0 Å². The molecule has 0 bridgehead atoms. The molecule has 3 nitrogen and oxygen atoms in total. The van der Waals surface area contributed by atoms with Crippen molar-refractivity contribution in [1.82, 2.24) is 4.31 Å². The Balaban J connectivity index is 2.31. The molecule has 1 aliphatic rings. The molecule has 0 amide bonds. The Bertz CT molecular complexity index is 594. The number of nitrogens with zero attached hydrogens (tertiary/aromatic N) is 1. The van der Waals surface area contributed by atoms with Gasteiger partial charge >= 0.3 is 0 Å². The standard InChI is InChI=1S/C13H16Br2ClNO2S/c1-17(13-5-3-2-4-10(13)14)20(18,19)9-6-7-12(16)11(15)8-9/h6-8,10,13H,2-5H2,1H3. The Labute approximate surface area is 142 Å². The Hall–Kier alpha value is 0.380. The van der Waals surface area contributed by atoms with Crippen LogP contribution in [0.3, 0.4) is 0 Å². The van der Waals surface area contributed by atoms with Crippen molar-refractivity contribution in [2.24, 2.45) is 0 Å². The first-order valence-corrected chi connectivity index (χ1v) is 9.94. The Kier molecular flexibility index (Phi) is 5.57. The lowest BCUT2D eigenvalue weighted by molar-refractivity contribution is 0.297. The number of hydrogen-bond acceptors (Lipinski definition) is 2. The molecule has 1 fully saturated rings. The summed E-state index contributed by atoms with van der Waals surface area (Å²) in [7, 11) is -1.84. The average molecular weight is 446 g/mol. The maximum absolute atomic E-state index is 12.7. The van der Waals surface area contributed by atoms with Crippen molar-refractivity contribution in [3.8, 4) is 0 Å². The lowest BCUT2D eigenvalue weighted by atomic mass is 9.96. The Morgan fingerprint density at radius 3 is 2.55 bits per heavy atom. The SMILES string of the molecule is CN(C1CCCCC1Br)S(=O)(=O)c1ccc(Cl)c(Br)c1. The number of halogens is 3. The van der Waals surface area contributed by atoms with Crippen LogP contribution in [0.25, 0.3) is 0 Å². The van der Waals surface area contributed by atoms with E-state index in [0.29, 0.717) is 9.50 Å². The third kappa shape index (κ3) is 3.40. The van der Waals surface area contributed by atoms with E-state index >= 15 is 0 Å². The smallest absolute Gasteiger partial charge is 0.207 e. The van der Waals surface area contributed by atoms with Crippen molar-refractivity contribution in [1.29, 1.82) is 0 Å². The second kappa shape index (κ2) is 6.65. The van der Waals surface area contributed by atoms with Crippen LogP contribution in [0.15, 0.2) is 27.6 Å². The number of alkyl halides is 1. The van der Waals surface area contributed by atoms with E-state index in [1.54, 1.807) is 25.2 Å². The van der Waals surface area contributed by atoms with Crippen LogP contribution in [0, 0.1) is 0 Å². The van der Waals surface area contributed by atoms with Gasteiger partial charge in [-0.3, -0.25) is 0 Å². The summed E-state index contributed by atoms with van der Waals surface area (Å²) in [6, 6.07) is 4.70. The van der Waals surface area contributed by atoms with Crippen molar-refractivity contribution in [3.63, 3.8) is 0 Å². The monoisotopic (exact) mass is 443 g/mol. The molecule has 0 radical (unpaired) electrons. The van der Waals surface area contributed by atoms with E-state index in [1.165, 1.54) is 4.31 Å². The van der Waals surface area contributed by atoms with Crippen LogP contribution in [-0.4, -0.2) is 30.6 Å². The van der Waals surface area contributed by atoms with Gasteiger partial charge in [-0.25, -0.2) is 8.42 Å². The fourth-order valence-electron chi connectivity index (χ4n) is 2.46. The lowest BCUT2D eigenvalue weighted by Crippen LogP contribution is -2.43. The summed E-state index contributed by atoms with van der Waals surface area (Å²) in [4.78, 5) is 0.480. The molecule has 0 heterocycles. The number of benzene rings is 1. The molecule has 0 aromatic heterocycles. The van der Waals surface area contributed by atoms with Gasteiger partial charge in [0.25, 0.3) is 0 Å². The highest BCUT2D eigenvalue weighted by Gasteiger charge is 2.34. The van der Waals surface area contributed by atoms with Crippen molar-refractivity contribution in [2.75, 3.05) is 7.05 Å². The molecule has 112 valence electrons. The molecule has 2 atom stereocenters. The molecule has 20 heavy (non-hydrogen) atoms. The summed E-state index contributed by atoms with van der Waals surface area (Å²) in [6.45, 7) is 0. The molecule has 2 rings (SSSR count). The van der Waals surface area contributed by atoms with Gasteiger partial charge in [0, 0.05) is 22.4 Å². The number of hydrogen-bond donors (Lipinski definition) is 0. The third-order valence-corrected chi connectivity index (χ3v) is 7.84. The Morgan fingerprint density at radius 1 is 1.30 bits per heavy atom. The minimum absolute atomic E-state index is 0.00297. The van der Waals surface area contributed by atoms with Crippen LogP contribution in [-0.2, 0) is 10.0 Å². The number of rotatable bonds is 3. The summed E-state index contributed by atoms with van der Waals surface area (Å²) in [6.07, 6.45) is 4.11. The maximum Gasteiger partial charge on any atom is 0.243 e. The predicted molar refractivity (Wildman–Crippen MR) is 89.1 cm³/mol. The first-order chi connectivity index (χ1) is 9.34. The van der Waals surface area contributed by atoms with Gasteiger partial charge in [0.1, 0.15) is 0 Å². The maximum atomic E-state index is 12.7. The van der Waals surface area contributed by atoms with Gasteiger partial charge in [0.15, 0.2) is 0 Å². The quantitative estimate of drug-likeness (QED) is 0.646. The first-order valence-electron chi connectivity index (χ1n) is 6.41. The van der Waals surface area contributed by atoms with Gasteiger partial charge < -0.3 is 0 Å². The van der Waals surface area contributed by atoms with Gasteiger partial charge in [-0.15, -0.1) is 0 Å². The zero-order valence-corrected chi connectivity index (χ0v) is 15.8. The zero-order chi connectivity index (χ0) is 14.9. The summed E-state index contributed by atoms with van der Waals surface area (Å²) in [5, 5.41) is 0.502. The molecule has 1 aliphatic carbocycles. The van der Waals surface area contributed by atoms with E-state index in [0.717, 1.165) is 25.7 Å². The van der Waals surface area contributed by atoms with E-state index in [9.17, 15) is 8.42 Å². The van der Waals surface area contributed by atoms with Crippen LogP contribution in [0.2, 0.25) is 5.02 Å². The highest BCUT2D eigenvalue weighted by molar-refractivity contribution is 9.10. The second-order valence-corrected chi connectivity index (χ2v) is 9.40. The lowest BCUT2D eigenvalue weighted by Gasteiger charge is -2.34. The molecule has 2 unspecified atom stereocenters. The first kappa shape index (κ1) is 16.7. The fourth-order valence-corrected chi connectivity index (χ4v) is 5.65. The van der Waals surface area contributed by atoms with E-state index < -0.39 is 10.0 Å². The molecule has 0 aliphatic heterocycles. The third-order valence-electron chi connectivity index (χ3n) is 3.68. The average Bonchev–Trinajstić information content (AvgIpc) is 2.41. The van der Waals surface area contributed by atoms with Gasteiger partial charge in [-0.2, -0.15) is 4.31 Å². The van der Waals surface area contributed by atoms with Crippen molar-refractivity contribution in [2.45, 2.75) is 41.4 Å². The van der Waals surface area contributed by atoms with E-state index in [4.69, 9.17) is 11.6 Å². The summed E-state index contributed by atoms with van der Waals surface area (Å²) < 4.78 is 27.4. The zero-order valence-electron chi connectivity index (χ0n) is 11.0. The second-order valence-electron chi connectivity index (χ2n) is 4.96. The van der Waals surface area contributed by atoms with Crippen molar-refractivity contribution < 1.29 is 8.42 Å². The van der Waals surface area contributed by atoms with Gasteiger partial charge in [-0.05, 0) is 47.0 Å². The highest BCUT2D eigenvalue weighted by Crippen LogP contribution is 2.32. The van der Waals surface area contributed by atoms with Crippen LogP contribution >= 0.6 is 43.5 Å². The van der Waals surface area contributed by atoms with Crippen molar-refractivity contribution in [3.05, 3.63) is 27.7 Å². The topological polar surface area (TPSA) is 37.4 Å². The molecular weight excluding hydrogens is 429 g/mol. The minimum Gasteiger partial charge on any atom is -0.207 e. The van der Waals surface area contributed by atoms with Crippen LogP contribution in [0.4, 0.5) is 0 Å². The highest BCUT2D eigenvalue weighted by atomic mass is 79.9. The van der Waals surface area contributed by atoms with Gasteiger partial charge in [-0.1, -0.05) is 40.4 Å². The Morgan fingerprint density at radius 2 is 1.95 bits per heavy atom. The molecule has 1 aromatic carbocycles. The molecular formula is C13H16Br2ClNO2S. The summed E-state index contributed by atoms with van der Waals surface area (Å²) in [5.74, 6) is 0. The molecule has 1 saturated carbocycles. The van der Waals surface area contributed by atoms with E-state index in [2.05, 4.69) is 31.9 Å². The largest absolute Gasteiger partial charge is 0.243 e. The predicted octanol–water partition coefficient (Wildman–Crippen LogP) is 4.43.